The number of nitrogens with zero attached hydrogens (tertiary/aromatic N) is 1. The summed E-state index contributed by atoms with van der Waals surface area (Å²) in [5.41, 5.74) is 5.78. The number of hydrogen-bond donors (Lipinski definition) is 2. The molecule has 2 unspecified atom stereocenters. The van der Waals surface area contributed by atoms with Crippen LogP contribution in [0.25, 0.3) is 0 Å². The first kappa shape index (κ1) is 8.48. The lowest BCUT2D eigenvalue weighted by Gasteiger charge is -2.40. The van der Waals surface area contributed by atoms with E-state index in [9.17, 15) is 0 Å². The second kappa shape index (κ2) is 3.73. The van der Waals surface area contributed by atoms with E-state index in [0.29, 0.717) is 12.1 Å². The predicted molar refractivity (Wildman–Crippen MR) is 50.1 cm³/mol. The maximum Gasteiger partial charge on any atom is 0.0371 e. The first-order valence-electron chi connectivity index (χ1n) is 5.09. The molecule has 3 nitrogen and oxygen atoms in total. The minimum atomic E-state index is 0.612. The molecule has 12 heavy (non-hydrogen) atoms. The normalized spacial score (nSPS) is 33.2. The van der Waals surface area contributed by atoms with Crippen LogP contribution >= 0.6 is 0 Å². The van der Waals surface area contributed by atoms with Crippen LogP contribution < -0.4 is 11.1 Å². The Morgan fingerprint density at radius 1 is 1.42 bits per heavy atom. The molecule has 0 aromatic rings. The van der Waals surface area contributed by atoms with Gasteiger partial charge in [0, 0.05) is 18.6 Å². The van der Waals surface area contributed by atoms with Crippen LogP contribution in [-0.2, 0) is 0 Å². The van der Waals surface area contributed by atoms with Crippen LogP contribution in [0.15, 0.2) is 0 Å². The van der Waals surface area contributed by atoms with E-state index in [2.05, 4.69) is 10.2 Å². The molecule has 2 atom stereocenters. The van der Waals surface area contributed by atoms with Crippen LogP contribution in [0.3, 0.4) is 0 Å². The highest BCUT2D eigenvalue weighted by molar-refractivity contribution is 4.91. The molecule has 3 N–H and O–H groups in total. The van der Waals surface area contributed by atoms with E-state index < -0.39 is 0 Å². The fourth-order valence-electron chi connectivity index (χ4n) is 2.28. The monoisotopic (exact) mass is 169 g/mol. The molecule has 0 saturated carbocycles. The van der Waals surface area contributed by atoms with Crippen molar-refractivity contribution >= 4 is 0 Å². The summed E-state index contributed by atoms with van der Waals surface area (Å²) in [5.74, 6) is 0. The van der Waals surface area contributed by atoms with Gasteiger partial charge in [0.2, 0.25) is 0 Å². The van der Waals surface area contributed by atoms with E-state index in [4.69, 9.17) is 5.73 Å². The summed E-state index contributed by atoms with van der Waals surface area (Å²) in [6.07, 6.45) is 4.01. The Labute approximate surface area is 74.3 Å². The average Bonchev–Trinajstić information content (AvgIpc) is 2.47. The zero-order chi connectivity index (χ0) is 8.39. The van der Waals surface area contributed by atoms with Gasteiger partial charge in [-0.2, -0.15) is 0 Å². The smallest absolute Gasteiger partial charge is 0.0371 e. The van der Waals surface area contributed by atoms with Crippen molar-refractivity contribution in [3.63, 3.8) is 0 Å². The zero-order valence-electron chi connectivity index (χ0n) is 7.63. The molecule has 3 heteroatoms. The van der Waals surface area contributed by atoms with Gasteiger partial charge in [0.1, 0.15) is 0 Å². The van der Waals surface area contributed by atoms with Gasteiger partial charge in [0.05, 0.1) is 0 Å². The fraction of sp³-hybridized carbons (Fsp3) is 1.00. The molecule has 2 heterocycles. The van der Waals surface area contributed by atoms with E-state index >= 15 is 0 Å². The Balaban J connectivity index is 1.87. The molecule has 2 rings (SSSR count). The molecule has 0 aromatic heterocycles. The molecule has 0 aromatic carbocycles. The quantitative estimate of drug-likeness (QED) is 0.613. The van der Waals surface area contributed by atoms with Crippen LogP contribution in [0, 0.1) is 0 Å². The summed E-state index contributed by atoms with van der Waals surface area (Å²) in [6.45, 7) is 4.53. The van der Waals surface area contributed by atoms with Crippen molar-refractivity contribution in [2.75, 3.05) is 26.2 Å². The molecule has 0 spiro atoms. The summed E-state index contributed by atoms with van der Waals surface area (Å²) in [5, 5.41) is 3.54. The van der Waals surface area contributed by atoms with Gasteiger partial charge in [-0.1, -0.05) is 0 Å². The third-order valence-electron chi connectivity index (χ3n) is 3.16. The van der Waals surface area contributed by atoms with Crippen molar-refractivity contribution in [1.29, 1.82) is 0 Å². The number of hydrogen-bond acceptors (Lipinski definition) is 3. The van der Waals surface area contributed by atoms with Gasteiger partial charge in [0.15, 0.2) is 0 Å². The summed E-state index contributed by atoms with van der Waals surface area (Å²) in [4.78, 5) is 2.52. The molecular formula is C9H19N3. The molecule has 2 saturated heterocycles. The van der Waals surface area contributed by atoms with Crippen LogP contribution in [0.1, 0.15) is 19.3 Å². The molecule has 0 bridgehead atoms. The molecule has 70 valence electrons. The van der Waals surface area contributed by atoms with Gasteiger partial charge in [-0.3, -0.25) is 4.90 Å². The molecule has 2 aliphatic heterocycles. The van der Waals surface area contributed by atoms with Gasteiger partial charge in [0.25, 0.3) is 0 Å². The highest BCUT2D eigenvalue weighted by Gasteiger charge is 2.31. The van der Waals surface area contributed by atoms with Crippen molar-refractivity contribution in [1.82, 2.24) is 10.2 Å². The third-order valence-corrected chi connectivity index (χ3v) is 3.16. The largest absolute Gasteiger partial charge is 0.329 e. The number of nitrogens with one attached hydrogen (secondary N) is 1. The van der Waals surface area contributed by atoms with Gasteiger partial charge < -0.3 is 11.1 Å². The van der Waals surface area contributed by atoms with Gasteiger partial charge in [-0.15, -0.1) is 0 Å². The Morgan fingerprint density at radius 2 is 2.25 bits per heavy atom. The number of rotatable bonds is 3. The van der Waals surface area contributed by atoms with Crippen molar-refractivity contribution in [2.45, 2.75) is 31.3 Å². The zero-order valence-corrected chi connectivity index (χ0v) is 7.63. The average molecular weight is 169 g/mol. The molecule has 0 aliphatic carbocycles. The lowest BCUT2D eigenvalue weighted by atomic mass is 10.0. The summed E-state index contributed by atoms with van der Waals surface area (Å²) >= 11 is 0. The maximum atomic E-state index is 5.78. The van der Waals surface area contributed by atoms with E-state index in [-0.39, 0.29) is 0 Å². The number of likely N-dealkylation sites (tertiary alicyclic amines) is 1. The predicted octanol–water partition coefficient (Wildman–Crippen LogP) is -0.229. The lowest BCUT2D eigenvalue weighted by Crippen LogP contribution is -2.56. The molecule has 2 fully saturated rings. The standard InChI is InChI=1S/C9H19N3/c10-7-9(12-5-2-6-12)8-3-1-4-11-8/h8-9,11H,1-7,10H2. The summed E-state index contributed by atoms with van der Waals surface area (Å²) in [6, 6.07) is 1.29. The highest BCUT2D eigenvalue weighted by Crippen LogP contribution is 2.18. The van der Waals surface area contributed by atoms with Crippen molar-refractivity contribution in [3.8, 4) is 0 Å². The van der Waals surface area contributed by atoms with Crippen molar-refractivity contribution in [3.05, 3.63) is 0 Å². The van der Waals surface area contributed by atoms with Crippen LogP contribution in [-0.4, -0.2) is 43.2 Å². The van der Waals surface area contributed by atoms with Crippen LogP contribution in [0.5, 0.6) is 0 Å². The first-order chi connectivity index (χ1) is 5.92. The summed E-state index contributed by atoms with van der Waals surface area (Å²) < 4.78 is 0. The number of nitrogens with two attached hydrogens (primary N) is 1. The van der Waals surface area contributed by atoms with Crippen LogP contribution in [0.2, 0.25) is 0 Å². The second-order valence-electron chi connectivity index (χ2n) is 3.90. The Kier molecular flexibility index (Phi) is 2.63. The Bertz CT molecular complexity index is 139. The molecular weight excluding hydrogens is 150 g/mol. The van der Waals surface area contributed by atoms with Gasteiger partial charge >= 0.3 is 0 Å². The van der Waals surface area contributed by atoms with Gasteiger partial charge in [-0.25, -0.2) is 0 Å². The fourth-order valence-corrected chi connectivity index (χ4v) is 2.28. The SMILES string of the molecule is NCC(C1CCCN1)N1CCC1. The van der Waals surface area contributed by atoms with E-state index in [1.54, 1.807) is 0 Å². The lowest BCUT2D eigenvalue weighted by molar-refractivity contribution is 0.0994. The second-order valence-corrected chi connectivity index (χ2v) is 3.90. The Morgan fingerprint density at radius 3 is 2.67 bits per heavy atom. The van der Waals surface area contributed by atoms with E-state index in [0.717, 1.165) is 6.54 Å². The Hall–Kier alpha value is -0.120. The molecule has 0 radical (unpaired) electrons. The van der Waals surface area contributed by atoms with Crippen molar-refractivity contribution < 1.29 is 0 Å². The van der Waals surface area contributed by atoms with Crippen LogP contribution in [0.4, 0.5) is 0 Å². The van der Waals surface area contributed by atoms with Crippen molar-refractivity contribution in [2.24, 2.45) is 5.73 Å². The van der Waals surface area contributed by atoms with Gasteiger partial charge in [-0.05, 0) is 38.9 Å². The third kappa shape index (κ3) is 1.49. The maximum absolute atomic E-state index is 5.78. The molecule has 0 amide bonds. The van der Waals surface area contributed by atoms with E-state index in [1.165, 1.54) is 38.9 Å². The highest BCUT2D eigenvalue weighted by atomic mass is 15.2. The van der Waals surface area contributed by atoms with E-state index in [1.807, 2.05) is 0 Å². The first-order valence-corrected chi connectivity index (χ1v) is 5.09. The minimum absolute atomic E-state index is 0.612. The molecule has 2 aliphatic rings. The summed E-state index contributed by atoms with van der Waals surface area (Å²) in [7, 11) is 0. The minimum Gasteiger partial charge on any atom is -0.329 e. The topological polar surface area (TPSA) is 41.3 Å².